The second kappa shape index (κ2) is 10.3. The van der Waals surface area contributed by atoms with Crippen LogP contribution in [0.25, 0.3) is 11.0 Å². The summed E-state index contributed by atoms with van der Waals surface area (Å²) in [6, 6.07) is 9.98. The van der Waals surface area contributed by atoms with Crippen molar-refractivity contribution in [3.05, 3.63) is 54.0 Å². The lowest BCUT2D eigenvalue weighted by atomic mass is 10.1. The third-order valence-corrected chi connectivity index (χ3v) is 5.60. The van der Waals surface area contributed by atoms with Crippen molar-refractivity contribution in [1.29, 1.82) is 0 Å². The molecule has 2 aromatic heterocycles. The molecule has 0 amide bonds. The number of furan rings is 1. The molecule has 1 aliphatic rings. The smallest absolute Gasteiger partial charge is 0.225 e. The Morgan fingerprint density at radius 1 is 1.06 bits per heavy atom. The minimum atomic E-state index is 0.519. The van der Waals surface area contributed by atoms with E-state index in [4.69, 9.17) is 9.41 Å². The maximum atomic E-state index is 5.99. The van der Waals surface area contributed by atoms with Crippen molar-refractivity contribution < 1.29 is 4.42 Å². The van der Waals surface area contributed by atoms with E-state index in [0.29, 0.717) is 6.54 Å². The first-order valence-corrected chi connectivity index (χ1v) is 11.0. The molecule has 0 bridgehead atoms. The molecule has 1 aromatic carbocycles. The van der Waals surface area contributed by atoms with Crippen molar-refractivity contribution >= 4 is 22.9 Å². The number of aliphatic imine (C=N–C) groups is 1. The number of fused-ring (bicyclic) bond motifs is 1. The molecule has 31 heavy (non-hydrogen) atoms. The fourth-order valence-corrected chi connectivity index (χ4v) is 3.83. The number of piperazine rings is 1. The molecule has 0 aliphatic carbocycles. The van der Waals surface area contributed by atoms with E-state index in [1.165, 1.54) is 0 Å². The SMILES string of the molecule is CCNC(=NCc1oc2ccccc2c1C)NCCN1CCN(c2ncccn2)CC1. The quantitative estimate of drug-likeness (QED) is 0.448. The number of hydrogen-bond donors (Lipinski definition) is 2. The Balaban J connectivity index is 1.26. The Labute approximate surface area is 183 Å². The number of anilines is 1. The third-order valence-electron chi connectivity index (χ3n) is 5.60. The van der Waals surface area contributed by atoms with Crippen molar-refractivity contribution in [2.75, 3.05) is 50.7 Å². The fourth-order valence-electron chi connectivity index (χ4n) is 3.83. The monoisotopic (exact) mass is 421 g/mol. The summed E-state index contributed by atoms with van der Waals surface area (Å²) in [5.41, 5.74) is 2.08. The number of aromatic nitrogens is 2. The molecule has 0 saturated carbocycles. The van der Waals surface area contributed by atoms with Crippen LogP contribution in [0.4, 0.5) is 5.95 Å². The summed E-state index contributed by atoms with van der Waals surface area (Å²) in [7, 11) is 0. The van der Waals surface area contributed by atoms with Gasteiger partial charge in [0, 0.05) is 69.2 Å². The van der Waals surface area contributed by atoms with Gasteiger partial charge in [-0.3, -0.25) is 4.90 Å². The van der Waals surface area contributed by atoms with E-state index in [-0.39, 0.29) is 0 Å². The third kappa shape index (κ3) is 5.32. The van der Waals surface area contributed by atoms with E-state index < -0.39 is 0 Å². The van der Waals surface area contributed by atoms with E-state index >= 15 is 0 Å². The van der Waals surface area contributed by atoms with Gasteiger partial charge in [0.05, 0.1) is 0 Å². The highest BCUT2D eigenvalue weighted by Gasteiger charge is 2.18. The summed E-state index contributed by atoms with van der Waals surface area (Å²) in [5.74, 6) is 2.55. The predicted molar refractivity (Wildman–Crippen MR) is 124 cm³/mol. The molecule has 3 aromatic rings. The van der Waals surface area contributed by atoms with E-state index in [2.05, 4.69) is 50.3 Å². The molecule has 1 aliphatic heterocycles. The van der Waals surface area contributed by atoms with Crippen LogP contribution in [0.3, 0.4) is 0 Å². The van der Waals surface area contributed by atoms with Gasteiger partial charge in [-0.1, -0.05) is 18.2 Å². The number of para-hydroxylation sites is 1. The Morgan fingerprint density at radius 2 is 1.84 bits per heavy atom. The number of aryl methyl sites for hydroxylation is 1. The fraction of sp³-hybridized carbons (Fsp3) is 0.435. The highest BCUT2D eigenvalue weighted by atomic mass is 16.3. The average Bonchev–Trinajstić information content (AvgIpc) is 3.14. The second-order valence-corrected chi connectivity index (χ2v) is 7.65. The summed E-state index contributed by atoms with van der Waals surface area (Å²) in [5, 5.41) is 7.94. The van der Waals surface area contributed by atoms with Crippen LogP contribution in [0.5, 0.6) is 0 Å². The summed E-state index contributed by atoms with van der Waals surface area (Å²) >= 11 is 0. The Morgan fingerprint density at radius 3 is 2.58 bits per heavy atom. The first kappa shape index (κ1) is 21.1. The van der Waals surface area contributed by atoms with E-state index in [1.54, 1.807) is 12.4 Å². The van der Waals surface area contributed by atoms with Crippen molar-refractivity contribution in [2.45, 2.75) is 20.4 Å². The lowest BCUT2D eigenvalue weighted by Gasteiger charge is -2.34. The lowest BCUT2D eigenvalue weighted by molar-refractivity contribution is 0.260. The number of hydrogen-bond acceptors (Lipinski definition) is 6. The molecule has 1 saturated heterocycles. The molecule has 4 rings (SSSR count). The van der Waals surface area contributed by atoms with Crippen LogP contribution >= 0.6 is 0 Å². The van der Waals surface area contributed by atoms with Crippen molar-refractivity contribution in [3.63, 3.8) is 0 Å². The molecule has 164 valence electrons. The maximum Gasteiger partial charge on any atom is 0.225 e. The normalized spacial score (nSPS) is 15.4. The zero-order chi connectivity index (χ0) is 21.5. The Hall–Kier alpha value is -3.13. The zero-order valence-corrected chi connectivity index (χ0v) is 18.3. The first-order chi connectivity index (χ1) is 15.2. The molecule has 1 fully saturated rings. The number of nitrogens with zero attached hydrogens (tertiary/aromatic N) is 5. The molecule has 0 spiro atoms. The molecular weight excluding hydrogens is 390 g/mol. The molecule has 3 heterocycles. The van der Waals surface area contributed by atoms with Gasteiger partial charge in [-0.2, -0.15) is 0 Å². The Bertz CT molecular complexity index is 994. The van der Waals surface area contributed by atoms with Crippen LogP contribution in [0.1, 0.15) is 18.2 Å². The lowest BCUT2D eigenvalue weighted by Crippen LogP contribution is -2.49. The number of guanidine groups is 1. The van der Waals surface area contributed by atoms with E-state index in [1.807, 2.05) is 24.3 Å². The van der Waals surface area contributed by atoms with Gasteiger partial charge < -0.3 is 20.0 Å². The largest absolute Gasteiger partial charge is 0.459 e. The van der Waals surface area contributed by atoms with Crippen LogP contribution in [0.2, 0.25) is 0 Å². The van der Waals surface area contributed by atoms with Crippen LogP contribution in [-0.2, 0) is 6.54 Å². The van der Waals surface area contributed by atoms with Crippen molar-refractivity contribution in [3.8, 4) is 0 Å². The van der Waals surface area contributed by atoms with Gasteiger partial charge in [-0.05, 0) is 26.0 Å². The molecule has 2 N–H and O–H groups in total. The van der Waals surface area contributed by atoms with E-state index in [0.717, 1.165) is 80.0 Å². The van der Waals surface area contributed by atoms with Gasteiger partial charge in [0.25, 0.3) is 0 Å². The molecule has 8 nitrogen and oxygen atoms in total. The number of rotatable bonds is 7. The molecule has 0 unspecified atom stereocenters. The predicted octanol–water partition coefficient (Wildman–Crippen LogP) is 2.41. The molecule has 8 heteroatoms. The standard InChI is InChI=1S/C23H31N7O/c1-3-24-22(28-17-21-18(2)19-7-4-5-8-20(19)31-21)25-11-12-29-13-15-30(16-14-29)23-26-9-6-10-27-23/h4-10H,3,11-17H2,1-2H3,(H2,24,25,28). The van der Waals surface area contributed by atoms with Crippen LogP contribution in [0.15, 0.2) is 52.1 Å². The Kier molecular flexibility index (Phi) is 6.99. The van der Waals surface area contributed by atoms with Gasteiger partial charge in [-0.25, -0.2) is 15.0 Å². The highest BCUT2D eigenvalue weighted by molar-refractivity contribution is 5.82. The number of nitrogens with one attached hydrogen (secondary N) is 2. The van der Waals surface area contributed by atoms with Crippen molar-refractivity contribution in [2.24, 2.45) is 4.99 Å². The maximum absolute atomic E-state index is 5.99. The molecular formula is C23H31N7O. The van der Waals surface area contributed by atoms with Crippen LogP contribution in [-0.4, -0.2) is 66.6 Å². The summed E-state index contributed by atoms with van der Waals surface area (Å²) in [6.07, 6.45) is 3.60. The van der Waals surface area contributed by atoms with E-state index in [9.17, 15) is 0 Å². The zero-order valence-electron chi connectivity index (χ0n) is 18.3. The second-order valence-electron chi connectivity index (χ2n) is 7.65. The van der Waals surface area contributed by atoms with Crippen molar-refractivity contribution in [1.82, 2.24) is 25.5 Å². The molecule has 0 radical (unpaired) electrons. The molecule has 0 atom stereocenters. The number of benzene rings is 1. The van der Waals surface area contributed by atoms with Gasteiger partial charge in [0.2, 0.25) is 5.95 Å². The first-order valence-electron chi connectivity index (χ1n) is 11.0. The summed E-state index contributed by atoms with van der Waals surface area (Å²) < 4.78 is 5.99. The summed E-state index contributed by atoms with van der Waals surface area (Å²) in [6.45, 7) is 11.2. The average molecular weight is 422 g/mol. The highest BCUT2D eigenvalue weighted by Crippen LogP contribution is 2.25. The minimum Gasteiger partial charge on any atom is -0.459 e. The van der Waals surface area contributed by atoms with Gasteiger partial charge in [-0.15, -0.1) is 0 Å². The minimum absolute atomic E-state index is 0.519. The van der Waals surface area contributed by atoms with Gasteiger partial charge >= 0.3 is 0 Å². The van der Waals surface area contributed by atoms with Crippen LogP contribution in [0, 0.1) is 6.92 Å². The van der Waals surface area contributed by atoms with Crippen LogP contribution < -0.4 is 15.5 Å². The summed E-state index contributed by atoms with van der Waals surface area (Å²) in [4.78, 5) is 18.1. The van der Waals surface area contributed by atoms with Gasteiger partial charge in [0.1, 0.15) is 17.9 Å². The topological polar surface area (TPSA) is 81.8 Å². The van der Waals surface area contributed by atoms with Gasteiger partial charge in [0.15, 0.2) is 5.96 Å².